The van der Waals surface area contributed by atoms with Crippen LogP contribution >= 0.6 is 23.2 Å². The van der Waals surface area contributed by atoms with E-state index in [1.165, 1.54) is 24.5 Å². The van der Waals surface area contributed by atoms with Gasteiger partial charge in [-0.25, -0.2) is 19.9 Å². The topological polar surface area (TPSA) is 185 Å². The van der Waals surface area contributed by atoms with Crippen LogP contribution in [0.3, 0.4) is 0 Å². The molecule has 0 radical (unpaired) electrons. The summed E-state index contributed by atoms with van der Waals surface area (Å²) in [6.45, 7) is 0.285. The van der Waals surface area contributed by atoms with Gasteiger partial charge in [-0.15, -0.1) is 0 Å². The van der Waals surface area contributed by atoms with E-state index in [2.05, 4.69) is 19.9 Å². The molecule has 18 heteroatoms. The van der Waals surface area contributed by atoms with E-state index in [9.17, 15) is 36.6 Å². The highest BCUT2D eigenvalue weighted by atomic mass is 35.5. The minimum Gasteiger partial charge on any atom is -0.393 e. The molecule has 0 saturated carbocycles. The van der Waals surface area contributed by atoms with Crippen molar-refractivity contribution in [1.82, 2.24) is 19.9 Å². The fourth-order valence-corrected chi connectivity index (χ4v) is 4.29. The summed E-state index contributed by atoms with van der Waals surface area (Å²) in [5, 5.41) is 37.6. The molecule has 8 N–H and O–H groups in total. The third-order valence-electron chi connectivity index (χ3n) is 6.89. The second kappa shape index (κ2) is 13.5. The van der Waals surface area contributed by atoms with Crippen LogP contribution in [-0.2, 0) is 11.2 Å². The summed E-state index contributed by atoms with van der Waals surface area (Å²) >= 11 is 11.6. The van der Waals surface area contributed by atoms with Crippen LogP contribution in [0.5, 0.6) is 0 Å². The summed E-state index contributed by atoms with van der Waals surface area (Å²) in [4.78, 5) is 15.5. The fourth-order valence-electron chi connectivity index (χ4n) is 4.01. The summed E-state index contributed by atoms with van der Waals surface area (Å²) in [7, 11) is 0. The van der Waals surface area contributed by atoms with Crippen LogP contribution in [0.25, 0.3) is 22.5 Å². The van der Waals surface area contributed by atoms with E-state index in [1.807, 2.05) is 0 Å². The number of aliphatic hydroxyl groups excluding tert-OH is 2. The third kappa shape index (κ3) is 7.27. The lowest BCUT2D eigenvalue weighted by Gasteiger charge is -2.29. The number of benzene rings is 2. The van der Waals surface area contributed by atoms with Crippen LogP contribution in [0.4, 0.5) is 38.0 Å². The van der Waals surface area contributed by atoms with Gasteiger partial charge in [-0.2, -0.15) is 26.3 Å². The molecule has 0 unspecified atom stereocenters. The van der Waals surface area contributed by atoms with Gasteiger partial charge >= 0.3 is 12.4 Å². The first kappa shape index (κ1) is 36.7. The van der Waals surface area contributed by atoms with Crippen molar-refractivity contribution in [1.29, 1.82) is 0 Å². The molecule has 0 aliphatic heterocycles. The molecule has 0 spiro atoms. The van der Waals surface area contributed by atoms with Crippen molar-refractivity contribution in [2.24, 2.45) is 0 Å². The van der Waals surface area contributed by atoms with Crippen molar-refractivity contribution in [2.75, 3.05) is 24.7 Å². The number of aromatic nitrogens is 4. The molecule has 0 aliphatic rings. The zero-order chi connectivity index (χ0) is 34.8. The highest BCUT2D eigenvalue weighted by Crippen LogP contribution is 2.41. The fraction of sp³-hybridized carbons (Fsp3) is 0.286. The van der Waals surface area contributed by atoms with Crippen LogP contribution < -0.4 is 11.5 Å². The maximum Gasteiger partial charge on any atom is 0.423 e. The number of hydrogen-bond acceptors (Lipinski definition) is 10. The van der Waals surface area contributed by atoms with Crippen molar-refractivity contribution >= 4 is 34.8 Å². The minimum absolute atomic E-state index is 0.00798. The largest absolute Gasteiger partial charge is 0.423 e. The van der Waals surface area contributed by atoms with Gasteiger partial charge in [0.15, 0.2) is 21.9 Å². The van der Waals surface area contributed by atoms with Crippen LogP contribution in [0.2, 0.25) is 10.3 Å². The van der Waals surface area contributed by atoms with Crippen LogP contribution in [0.15, 0.2) is 48.8 Å². The van der Waals surface area contributed by atoms with Gasteiger partial charge in [-0.3, -0.25) is 0 Å². The summed E-state index contributed by atoms with van der Waals surface area (Å²) in [6.07, 6.45) is -7.56. The molecular weight excluding hydrogens is 669 g/mol. The molecule has 4 aromatic rings. The summed E-state index contributed by atoms with van der Waals surface area (Å²) < 4.78 is 78.4. The van der Waals surface area contributed by atoms with Crippen molar-refractivity contribution < 1.29 is 46.8 Å². The van der Waals surface area contributed by atoms with Crippen molar-refractivity contribution in [3.05, 3.63) is 81.4 Å². The molecule has 0 aliphatic carbocycles. The lowest BCUT2D eigenvalue weighted by atomic mass is 9.90. The van der Waals surface area contributed by atoms with Gasteiger partial charge in [0.05, 0.1) is 37.0 Å². The number of nitrogen functional groups attached to an aromatic ring is 2. The number of nitrogens with zero attached hydrogens (tertiary/aromatic N) is 4. The number of aliphatic hydroxyl groups is 4. The first-order valence-electron chi connectivity index (χ1n) is 12.8. The quantitative estimate of drug-likeness (QED) is 0.152. The number of hydrogen-bond donors (Lipinski definition) is 6. The predicted molar refractivity (Wildman–Crippen MR) is 157 cm³/mol. The third-order valence-corrected chi connectivity index (χ3v) is 7.45. The summed E-state index contributed by atoms with van der Waals surface area (Å²) in [5.74, 6) is -0.0160. The monoisotopic (exact) mass is 694 g/mol. The molecular formula is C28H26Cl2F6N6O4. The van der Waals surface area contributed by atoms with Crippen LogP contribution in [0, 0.1) is 13.8 Å². The zero-order valence-corrected chi connectivity index (χ0v) is 25.3. The van der Waals surface area contributed by atoms with Crippen LogP contribution in [0.1, 0.15) is 22.3 Å². The molecule has 2 aromatic carbocycles. The van der Waals surface area contributed by atoms with E-state index in [1.54, 1.807) is 13.8 Å². The Morgan fingerprint density at radius 1 is 0.652 bits per heavy atom. The maximum absolute atomic E-state index is 13.1. The highest BCUT2D eigenvalue weighted by molar-refractivity contribution is 6.31. The minimum atomic E-state index is -5.04. The van der Waals surface area contributed by atoms with E-state index in [-0.39, 0.29) is 44.5 Å². The lowest BCUT2D eigenvalue weighted by Crippen LogP contribution is -2.45. The lowest BCUT2D eigenvalue weighted by molar-refractivity contribution is -0.277. The predicted octanol–water partition coefficient (Wildman–Crippen LogP) is 4.86. The van der Waals surface area contributed by atoms with E-state index in [0.29, 0.717) is 11.1 Å². The SMILES string of the molecule is Cc1ccc([C@@](O)(CO)C(F)(F)F)cc1-c1cnc(N)c(Cl)n1.Cc1ccc([C@](O)(CO)C(F)(F)F)cc1-c1cnc(N)c(Cl)n1. The first-order chi connectivity index (χ1) is 21.2. The Morgan fingerprint density at radius 2 is 0.978 bits per heavy atom. The van der Waals surface area contributed by atoms with Gasteiger partial charge < -0.3 is 31.9 Å². The molecule has 46 heavy (non-hydrogen) atoms. The number of nitrogens with two attached hydrogens (primary N) is 2. The highest BCUT2D eigenvalue weighted by Gasteiger charge is 2.55. The van der Waals surface area contributed by atoms with Gasteiger partial charge in [0.25, 0.3) is 0 Å². The molecule has 248 valence electrons. The molecule has 2 aromatic heterocycles. The van der Waals surface area contributed by atoms with E-state index in [4.69, 9.17) is 44.9 Å². The normalized spacial score (nSPS) is 14.6. The van der Waals surface area contributed by atoms with Gasteiger partial charge in [-0.05, 0) is 48.2 Å². The Morgan fingerprint density at radius 3 is 1.24 bits per heavy atom. The summed E-state index contributed by atoms with van der Waals surface area (Å²) in [5.41, 5.74) is 5.29. The number of alkyl halides is 6. The smallest absolute Gasteiger partial charge is 0.393 e. The Labute approximate surface area is 267 Å². The molecule has 10 nitrogen and oxygen atoms in total. The maximum atomic E-state index is 13.1. The Kier molecular flexibility index (Phi) is 10.8. The second-order valence-electron chi connectivity index (χ2n) is 9.95. The molecule has 0 saturated heterocycles. The van der Waals surface area contributed by atoms with Gasteiger partial charge in [-0.1, -0.05) is 47.5 Å². The standard InChI is InChI=1S/2C14H13ClF3N3O2/c2*1-7-2-3-8(13(23,6-22)14(16,17)18)4-9(7)10-5-20-12(19)11(15)21-10/h2*2-5,22-23H,6H2,1H3,(H2,19,20)/t2*13-/m10/s1. The molecule has 0 fully saturated rings. The second-order valence-corrected chi connectivity index (χ2v) is 10.7. The van der Waals surface area contributed by atoms with Crippen molar-refractivity contribution in [2.45, 2.75) is 37.4 Å². The Balaban J connectivity index is 0.000000250. The Bertz CT molecular complexity index is 1600. The number of halogens is 8. The van der Waals surface area contributed by atoms with E-state index in [0.717, 1.165) is 24.3 Å². The molecule has 0 bridgehead atoms. The number of aryl methyl sites for hydroxylation is 2. The molecule has 2 heterocycles. The molecule has 4 rings (SSSR count). The van der Waals surface area contributed by atoms with Crippen molar-refractivity contribution in [3.63, 3.8) is 0 Å². The van der Waals surface area contributed by atoms with Crippen LogP contribution in [-0.4, -0.2) is 65.9 Å². The number of anilines is 2. The van der Waals surface area contributed by atoms with E-state index >= 15 is 0 Å². The van der Waals surface area contributed by atoms with Gasteiger partial charge in [0, 0.05) is 11.1 Å². The Hall–Kier alpha value is -3.80. The average Bonchev–Trinajstić information content (AvgIpc) is 2.99. The first-order valence-corrected chi connectivity index (χ1v) is 13.5. The van der Waals surface area contributed by atoms with Gasteiger partial charge in [0.1, 0.15) is 0 Å². The summed E-state index contributed by atoms with van der Waals surface area (Å²) in [6, 6.07) is 7.13. The zero-order valence-electron chi connectivity index (χ0n) is 23.8. The average molecular weight is 695 g/mol. The number of rotatable bonds is 6. The van der Waals surface area contributed by atoms with E-state index < -0.39 is 47.9 Å². The molecule has 0 amide bonds. The van der Waals surface area contributed by atoms with Gasteiger partial charge in [0.2, 0.25) is 11.2 Å². The van der Waals surface area contributed by atoms with Crippen molar-refractivity contribution in [3.8, 4) is 22.5 Å². The molecule has 2 atom stereocenters.